The van der Waals surface area contributed by atoms with Crippen LogP contribution in [0, 0.1) is 11.2 Å². The summed E-state index contributed by atoms with van der Waals surface area (Å²) in [5, 5.41) is 5.66. The van der Waals surface area contributed by atoms with Crippen molar-refractivity contribution in [2.24, 2.45) is 5.41 Å². The monoisotopic (exact) mass is 354 g/mol. The summed E-state index contributed by atoms with van der Waals surface area (Å²) >= 11 is 0. The molecule has 26 heavy (non-hydrogen) atoms. The second-order valence-electron chi connectivity index (χ2n) is 6.66. The topological polar surface area (TPSA) is 58.2 Å². The van der Waals surface area contributed by atoms with Crippen molar-refractivity contribution in [2.45, 2.75) is 39.5 Å². The van der Waals surface area contributed by atoms with E-state index in [1.165, 1.54) is 18.2 Å². The van der Waals surface area contributed by atoms with Crippen molar-refractivity contribution in [2.75, 3.05) is 10.6 Å². The minimum Gasteiger partial charge on any atom is -0.325 e. The Labute approximate surface area is 152 Å². The van der Waals surface area contributed by atoms with Gasteiger partial charge in [0.05, 0.1) is 0 Å². The summed E-state index contributed by atoms with van der Waals surface area (Å²) in [7, 11) is 0. The molecular weight excluding hydrogens is 331 g/mol. The highest BCUT2D eigenvalue weighted by molar-refractivity contribution is 6.17. The average molecular weight is 354 g/mol. The lowest BCUT2D eigenvalue weighted by atomic mass is 10.0. The van der Waals surface area contributed by atoms with Crippen molar-refractivity contribution in [1.29, 1.82) is 0 Å². The molecule has 1 fully saturated rings. The lowest BCUT2D eigenvalue weighted by Crippen LogP contribution is -2.36. The van der Waals surface area contributed by atoms with Gasteiger partial charge in [-0.3, -0.25) is 9.59 Å². The zero-order valence-corrected chi connectivity index (χ0v) is 15.1. The number of rotatable bonds is 6. The fourth-order valence-corrected chi connectivity index (χ4v) is 3.14. The molecule has 1 saturated carbocycles. The number of aryl methyl sites for hydroxylation is 2. The second-order valence-corrected chi connectivity index (χ2v) is 6.66. The number of hydrogen-bond donors (Lipinski definition) is 2. The molecule has 0 atom stereocenters. The van der Waals surface area contributed by atoms with Gasteiger partial charge in [-0.2, -0.15) is 0 Å². The number of nitrogens with one attached hydrogen (secondary N) is 2. The van der Waals surface area contributed by atoms with Crippen LogP contribution in [0.5, 0.6) is 0 Å². The van der Waals surface area contributed by atoms with Crippen LogP contribution in [-0.4, -0.2) is 11.8 Å². The van der Waals surface area contributed by atoms with Crippen molar-refractivity contribution in [3.8, 4) is 0 Å². The number of amides is 2. The summed E-state index contributed by atoms with van der Waals surface area (Å²) in [6, 6.07) is 11.6. The van der Waals surface area contributed by atoms with Crippen molar-refractivity contribution < 1.29 is 14.0 Å². The first-order valence-electron chi connectivity index (χ1n) is 8.99. The van der Waals surface area contributed by atoms with E-state index in [9.17, 15) is 14.0 Å². The van der Waals surface area contributed by atoms with Gasteiger partial charge in [0.25, 0.3) is 0 Å². The predicted octanol–water partition coefficient (Wildman–Crippen LogP) is 4.31. The molecule has 3 rings (SSSR count). The standard InChI is InChI=1S/C21H23FN2O2/c1-3-14-7-5-8-15(4-2)18(14)24-20(26)21(11-12-21)19(25)23-17-10-6-9-16(22)13-17/h5-10,13H,3-4,11-12H2,1-2H3,(H,23,25)(H,24,26). The maximum Gasteiger partial charge on any atom is 0.240 e. The molecular formula is C21H23FN2O2. The first-order valence-corrected chi connectivity index (χ1v) is 8.99. The van der Waals surface area contributed by atoms with Gasteiger partial charge in [0.15, 0.2) is 0 Å². The van der Waals surface area contributed by atoms with Gasteiger partial charge in [-0.25, -0.2) is 4.39 Å². The average Bonchev–Trinajstić information content (AvgIpc) is 3.44. The van der Waals surface area contributed by atoms with Crippen LogP contribution in [0.3, 0.4) is 0 Å². The summed E-state index contributed by atoms with van der Waals surface area (Å²) in [4.78, 5) is 25.5. The molecule has 0 unspecified atom stereocenters. The van der Waals surface area contributed by atoms with E-state index in [0.717, 1.165) is 29.7 Å². The Morgan fingerprint density at radius 1 is 0.962 bits per heavy atom. The van der Waals surface area contributed by atoms with E-state index in [2.05, 4.69) is 10.6 Å². The van der Waals surface area contributed by atoms with Crippen LogP contribution in [0.15, 0.2) is 42.5 Å². The van der Waals surface area contributed by atoms with Crippen LogP contribution in [0.4, 0.5) is 15.8 Å². The van der Waals surface area contributed by atoms with Gasteiger partial charge in [0.2, 0.25) is 11.8 Å². The molecule has 136 valence electrons. The predicted molar refractivity (Wildman–Crippen MR) is 101 cm³/mol. The summed E-state index contributed by atoms with van der Waals surface area (Å²) in [6.07, 6.45) is 2.59. The van der Waals surface area contributed by atoms with Crippen LogP contribution in [0.2, 0.25) is 0 Å². The molecule has 0 radical (unpaired) electrons. The third-order valence-electron chi connectivity index (χ3n) is 4.94. The molecule has 2 aromatic carbocycles. The first kappa shape index (κ1) is 18.1. The van der Waals surface area contributed by atoms with E-state index in [4.69, 9.17) is 0 Å². The molecule has 2 amide bonds. The molecule has 1 aliphatic rings. The SMILES string of the molecule is CCc1cccc(CC)c1NC(=O)C1(C(=O)Nc2cccc(F)c2)CC1. The van der Waals surface area contributed by atoms with Gasteiger partial charge < -0.3 is 10.6 Å². The maximum atomic E-state index is 13.3. The van der Waals surface area contributed by atoms with Crippen molar-refractivity contribution in [3.63, 3.8) is 0 Å². The summed E-state index contributed by atoms with van der Waals surface area (Å²) < 4.78 is 13.3. The molecule has 5 heteroatoms. The Bertz CT molecular complexity index is 821. The van der Waals surface area contributed by atoms with Crippen LogP contribution in [-0.2, 0) is 22.4 Å². The molecule has 1 aliphatic carbocycles. The fraction of sp³-hybridized carbons (Fsp3) is 0.333. The van der Waals surface area contributed by atoms with E-state index in [1.54, 1.807) is 6.07 Å². The quantitative estimate of drug-likeness (QED) is 0.760. The number of hydrogen-bond acceptors (Lipinski definition) is 2. The van der Waals surface area contributed by atoms with Crippen molar-refractivity contribution in [1.82, 2.24) is 0 Å². The van der Waals surface area contributed by atoms with Gasteiger partial charge in [-0.15, -0.1) is 0 Å². The highest BCUT2D eigenvalue weighted by atomic mass is 19.1. The number of carbonyl (C=O) groups is 2. The number of carbonyl (C=O) groups excluding carboxylic acids is 2. The highest BCUT2D eigenvalue weighted by Crippen LogP contribution is 2.47. The molecule has 4 nitrogen and oxygen atoms in total. The second kappa shape index (κ2) is 7.28. The molecule has 0 saturated heterocycles. The molecule has 2 aromatic rings. The van der Waals surface area contributed by atoms with Crippen LogP contribution in [0.1, 0.15) is 37.8 Å². The number of anilines is 2. The van der Waals surface area contributed by atoms with Crippen LogP contribution < -0.4 is 10.6 Å². The molecule has 0 aromatic heterocycles. The number of benzene rings is 2. The van der Waals surface area contributed by atoms with E-state index < -0.39 is 11.2 Å². The molecule has 0 spiro atoms. The summed E-state index contributed by atoms with van der Waals surface area (Å²) in [5.41, 5.74) is 2.21. The Morgan fingerprint density at radius 2 is 1.54 bits per heavy atom. The van der Waals surface area contributed by atoms with Gasteiger partial charge >= 0.3 is 0 Å². The van der Waals surface area contributed by atoms with E-state index in [1.807, 2.05) is 32.0 Å². The van der Waals surface area contributed by atoms with Gasteiger partial charge in [-0.05, 0) is 55.0 Å². The van der Waals surface area contributed by atoms with E-state index >= 15 is 0 Å². The normalized spacial score (nSPS) is 14.6. The molecule has 2 N–H and O–H groups in total. The van der Waals surface area contributed by atoms with Crippen molar-refractivity contribution in [3.05, 3.63) is 59.4 Å². The van der Waals surface area contributed by atoms with Gasteiger partial charge in [0.1, 0.15) is 11.2 Å². The minimum absolute atomic E-state index is 0.290. The largest absolute Gasteiger partial charge is 0.325 e. The summed E-state index contributed by atoms with van der Waals surface area (Å²) in [6.45, 7) is 4.07. The third-order valence-corrected chi connectivity index (χ3v) is 4.94. The zero-order chi connectivity index (χ0) is 18.7. The third kappa shape index (κ3) is 3.47. The Hall–Kier alpha value is -2.69. The van der Waals surface area contributed by atoms with Crippen LogP contribution in [0.25, 0.3) is 0 Å². The summed E-state index contributed by atoms with van der Waals surface area (Å²) in [5.74, 6) is -1.10. The lowest BCUT2D eigenvalue weighted by Gasteiger charge is -2.19. The number of para-hydroxylation sites is 1. The number of halogens is 1. The van der Waals surface area contributed by atoms with E-state index in [0.29, 0.717) is 18.5 Å². The molecule has 0 bridgehead atoms. The lowest BCUT2D eigenvalue weighted by molar-refractivity contribution is -0.131. The molecule has 0 aliphatic heterocycles. The Balaban J connectivity index is 1.78. The van der Waals surface area contributed by atoms with Crippen molar-refractivity contribution >= 4 is 23.2 Å². The minimum atomic E-state index is -1.07. The Morgan fingerprint density at radius 3 is 2.08 bits per heavy atom. The zero-order valence-electron chi connectivity index (χ0n) is 15.1. The van der Waals surface area contributed by atoms with Crippen LogP contribution >= 0.6 is 0 Å². The van der Waals surface area contributed by atoms with Gasteiger partial charge in [-0.1, -0.05) is 38.1 Å². The van der Waals surface area contributed by atoms with Gasteiger partial charge in [0, 0.05) is 11.4 Å². The van der Waals surface area contributed by atoms with E-state index in [-0.39, 0.29) is 11.8 Å². The highest BCUT2D eigenvalue weighted by Gasteiger charge is 2.56. The fourth-order valence-electron chi connectivity index (χ4n) is 3.14. The maximum absolute atomic E-state index is 13.3. The first-order chi connectivity index (χ1) is 12.5. The smallest absolute Gasteiger partial charge is 0.240 e. The molecule has 0 heterocycles. The Kier molecular flexibility index (Phi) is 5.07.